The minimum absolute atomic E-state index is 0.198. The van der Waals surface area contributed by atoms with Crippen LogP contribution in [-0.2, 0) is 17.5 Å². The molecular weight excluding hydrogens is 369 g/mol. The molecule has 0 bridgehead atoms. The maximum absolute atomic E-state index is 13.2. The Morgan fingerprint density at radius 2 is 1.65 bits per heavy atom. The Hall–Kier alpha value is -1.39. The molecule has 1 aromatic carbocycles. The molecule has 0 atom stereocenters. The van der Waals surface area contributed by atoms with Crippen LogP contribution in [0.25, 0.3) is 0 Å². The van der Waals surface area contributed by atoms with E-state index >= 15 is 0 Å². The van der Waals surface area contributed by atoms with Crippen molar-refractivity contribution in [3.8, 4) is 0 Å². The topological polar surface area (TPSA) is 15.7 Å². The highest BCUT2D eigenvalue weighted by Gasteiger charge is 2.35. The van der Waals surface area contributed by atoms with E-state index < -0.39 is 30.5 Å². The Morgan fingerprint density at radius 1 is 1.00 bits per heavy atom. The monoisotopic (exact) mass is 388 g/mol. The zero-order valence-corrected chi connectivity index (χ0v) is 13.8. The Kier molecular flexibility index (Phi) is 6.86. The number of hydrogen-bond donors (Lipinski definition) is 0. The molecule has 1 aliphatic rings. The molecule has 0 aliphatic carbocycles. The van der Waals surface area contributed by atoms with Crippen LogP contribution in [0.15, 0.2) is 18.2 Å². The SMILES string of the molecule is Fc1ccc(CN(CCOC(F)(F)F)N2CCCCC2)c(C(F)(F)F)c1. The standard InChI is InChI=1S/C16H19F7N2O/c17-13-5-4-12(14(10-13)15(18,19)20)11-25(8-9-26-16(21,22)23)24-6-2-1-3-7-24/h4-5,10H,1-3,6-9,11H2. The summed E-state index contributed by atoms with van der Waals surface area (Å²) in [4.78, 5) is 0. The minimum atomic E-state index is -4.80. The Bertz CT molecular complexity index is 583. The van der Waals surface area contributed by atoms with E-state index in [4.69, 9.17) is 0 Å². The lowest BCUT2D eigenvalue weighted by atomic mass is 10.1. The van der Waals surface area contributed by atoms with Crippen LogP contribution in [0.4, 0.5) is 30.7 Å². The lowest BCUT2D eigenvalue weighted by Crippen LogP contribution is -2.47. The summed E-state index contributed by atoms with van der Waals surface area (Å²) in [5, 5.41) is 3.14. The molecule has 148 valence electrons. The predicted octanol–water partition coefficient (Wildman–Crippen LogP) is 4.58. The second kappa shape index (κ2) is 8.53. The first kappa shape index (κ1) is 20.9. The van der Waals surface area contributed by atoms with E-state index in [1.54, 1.807) is 5.01 Å². The second-order valence-electron chi connectivity index (χ2n) is 6.00. The van der Waals surface area contributed by atoms with Crippen molar-refractivity contribution < 1.29 is 35.5 Å². The molecule has 0 N–H and O–H groups in total. The summed E-state index contributed by atoms with van der Waals surface area (Å²) in [6.07, 6.45) is -7.01. The number of ether oxygens (including phenoxy) is 1. The van der Waals surface area contributed by atoms with Crippen molar-refractivity contribution in [2.75, 3.05) is 26.2 Å². The first-order valence-corrected chi connectivity index (χ1v) is 8.12. The van der Waals surface area contributed by atoms with E-state index in [1.807, 2.05) is 0 Å². The van der Waals surface area contributed by atoms with Crippen molar-refractivity contribution in [2.45, 2.75) is 38.3 Å². The van der Waals surface area contributed by atoms with Gasteiger partial charge >= 0.3 is 12.5 Å². The van der Waals surface area contributed by atoms with Gasteiger partial charge in [0.15, 0.2) is 0 Å². The van der Waals surface area contributed by atoms with Crippen LogP contribution < -0.4 is 0 Å². The molecule has 3 nitrogen and oxygen atoms in total. The highest BCUT2D eigenvalue weighted by molar-refractivity contribution is 5.30. The summed E-state index contributed by atoms with van der Waals surface area (Å²) in [6.45, 7) is -0.143. The summed E-state index contributed by atoms with van der Waals surface area (Å²) < 4.78 is 93.0. The Labute approximate surface area is 146 Å². The number of halogens is 7. The zero-order valence-electron chi connectivity index (χ0n) is 13.8. The van der Waals surface area contributed by atoms with Gasteiger partial charge in [-0.25, -0.2) is 14.4 Å². The minimum Gasteiger partial charge on any atom is -0.291 e. The van der Waals surface area contributed by atoms with Gasteiger partial charge in [-0.3, -0.25) is 4.74 Å². The van der Waals surface area contributed by atoms with Crippen molar-refractivity contribution in [1.82, 2.24) is 10.0 Å². The van der Waals surface area contributed by atoms with Gasteiger partial charge < -0.3 is 0 Å². The summed E-state index contributed by atoms with van der Waals surface area (Å²) >= 11 is 0. The van der Waals surface area contributed by atoms with Crippen molar-refractivity contribution in [2.24, 2.45) is 0 Å². The number of alkyl halides is 6. The highest BCUT2D eigenvalue weighted by Crippen LogP contribution is 2.33. The molecule has 0 aromatic heterocycles. The number of nitrogens with zero attached hydrogens (tertiary/aromatic N) is 2. The number of piperidine rings is 1. The Morgan fingerprint density at radius 3 is 2.23 bits per heavy atom. The van der Waals surface area contributed by atoms with Gasteiger partial charge in [-0.05, 0) is 30.5 Å². The molecule has 0 saturated carbocycles. The zero-order chi connectivity index (χ0) is 19.4. The first-order valence-electron chi connectivity index (χ1n) is 8.12. The quantitative estimate of drug-likeness (QED) is 0.664. The van der Waals surface area contributed by atoms with Crippen molar-refractivity contribution in [3.63, 3.8) is 0 Å². The summed E-state index contributed by atoms with van der Waals surface area (Å²) in [6, 6.07) is 2.32. The van der Waals surface area contributed by atoms with Crippen molar-refractivity contribution in [3.05, 3.63) is 35.1 Å². The molecule has 1 fully saturated rings. The fourth-order valence-electron chi connectivity index (χ4n) is 2.89. The molecule has 0 radical (unpaired) electrons. The third kappa shape index (κ3) is 6.40. The number of hydrogen-bond acceptors (Lipinski definition) is 3. The molecule has 1 aromatic rings. The van der Waals surface area contributed by atoms with Gasteiger partial charge in [-0.2, -0.15) is 13.2 Å². The van der Waals surface area contributed by atoms with Crippen LogP contribution in [-0.4, -0.2) is 42.6 Å². The molecule has 0 amide bonds. The van der Waals surface area contributed by atoms with E-state index in [-0.39, 0.29) is 18.7 Å². The van der Waals surface area contributed by atoms with Crippen LogP contribution in [0.2, 0.25) is 0 Å². The lowest BCUT2D eigenvalue weighted by molar-refractivity contribution is -0.326. The molecular formula is C16H19F7N2O. The van der Waals surface area contributed by atoms with Crippen LogP contribution >= 0.6 is 0 Å². The van der Waals surface area contributed by atoms with E-state index in [2.05, 4.69) is 4.74 Å². The largest absolute Gasteiger partial charge is 0.522 e. The molecule has 0 unspecified atom stereocenters. The smallest absolute Gasteiger partial charge is 0.291 e. The average Bonchev–Trinajstić information content (AvgIpc) is 2.54. The second-order valence-corrected chi connectivity index (χ2v) is 6.00. The van der Waals surface area contributed by atoms with Gasteiger partial charge in [-0.1, -0.05) is 12.5 Å². The normalized spacial score (nSPS) is 17.1. The summed E-state index contributed by atoms with van der Waals surface area (Å²) in [5.74, 6) is -1.02. The maximum atomic E-state index is 13.2. The van der Waals surface area contributed by atoms with E-state index in [9.17, 15) is 30.7 Å². The van der Waals surface area contributed by atoms with Crippen LogP contribution in [0.3, 0.4) is 0 Å². The molecule has 0 spiro atoms. The van der Waals surface area contributed by atoms with Crippen LogP contribution in [0, 0.1) is 5.82 Å². The number of hydrazine groups is 1. The molecule has 2 rings (SSSR count). The van der Waals surface area contributed by atoms with Gasteiger partial charge in [0.2, 0.25) is 0 Å². The molecule has 1 saturated heterocycles. The third-order valence-electron chi connectivity index (χ3n) is 4.08. The highest BCUT2D eigenvalue weighted by atomic mass is 19.4. The number of benzene rings is 1. The van der Waals surface area contributed by atoms with Crippen molar-refractivity contribution in [1.29, 1.82) is 0 Å². The van der Waals surface area contributed by atoms with E-state index in [0.717, 1.165) is 31.4 Å². The first-order chi connectivity index (χ1) is 12.1. The van der Waals surface area contributed by atoms with Gasteiger partial charge in [0, 0.05) is 26.2 Å². The van der Waals surface area contributed by atoms with E-state index in [0.29, 0.717) is 19.2 Å². The van der Waals surface area contributed by atoms with E-state index in [1.165, 1.54) is 5.01 Å². The molecule has 1 heterocycles. The molecule has 10 heteroatoms. The Balaban J connectivity index is 2.17. The molecule has 1 aliphatic heterocycles. The molecule has 26 heavy (non-hydrogen) atoms. The van der Waals surface area contributed by atoms with Gasteiger partial charge in [0.05, 0.1) is 12.2 Å². The average molecular weight is 388 g/mol. The predicted molar refractivity (Wildman–Crippen MR) is 79.2 cm³/mol. The summed E-state index contributed by atoms with van der Waals surface area (Å²) in [5.41, 5.74) is -1.33. The fraction of sp³-hybridized carbons (Fsp3) is 0.625. The summed E-state index contributed by atoms with van der Waals surface area (Å²) in [7, 11) is 0. The van der Waals surface area contributed by atoms with Gasteiger partial charge in [0.25, 0.3) is 0 Å². The lowest BCUT2D eigenvalue weighted by Gasteiger charge is -2.38. The maximum Gasteiger partial charge on any atom is 0.522 e. The van der Waals surface area contributed by atoms with Crippen LogP contribution in [0.5, 0.6) is 0 Å². The van der Waals surface area contributed by atoms with Crippen molar-refractivity contribution >= 4 is 0 Å². The van der Waals surface area contributed by atoms with Crippen LogP contribution in [0.1, 0.15) is 30.4 Å². The van der Waals surface area contributed by atoms with Gasteiger partial charge in [0.1, 0.15) is 5.82 Å². The third-order valence-corrected chi connectivity index (χ3v) is 4.08. The van der Waals surface area contributed by atoms with Gasteiger partial charge in [-0.15, -0.1) is 13.2 Å². The number of rotatable bonds is 6. The fourth-order valence-corrected chi connectivity index (χ4v) is 2.89.